The third-order valence-electron chi connectivity index (χ3n) is 4.26. The zero-order valence-electron chi connectivity index (χ0n) is 15.5. The van der Waals surface area contributed by atoms with Crippen molar-refractivity contribution in [3.8, 4) is 0 Å². The molecule has 0 bridgehead atoms. The van der Waals surface area contributed by atoms with E-state index in [2.05, 4.69) is 15.0 Å². The van der Waals surface area contributed by atoms with E-state index >= 15 is 0 Å². The van der Waals surface area contributed by atoms with E-state index in [-0.39, 0.29) is 10.8 Å². The number of halogens is 1. The first-order valence-corrected chi connectivity index (χ1v) is 11.2. The van der Waals surface area contributed by atoms with E-state index in [1.54, 1.807) is 0 Å². The molecule has 6 nitrogen and oxygen atoms in total. The molecule has 30 heavy (non-hydrogen) atoms. The van der Waals surface area contributed by atoms with Crippen molar-refractivity contribution in [2.45, 2.75) is 11.4 Å². The Balaban J connectivity index is 1.40. The number of para-hydroxylation sites is 1. The van der Waals surface area contributed by atoms with Gasteiger partial charge in [-0.15, -0.1) is 11.3 Å². The van der Waals surface area contributed by atoms with Crippen LogP contribution in [0.15, 0.2) is 77.7 Å². The highest BCUT2D eigenvalue weighted by Crippen LogP contribution is 2.21. The van der Waals surface area contributed by atoms with E-state index in [9.17, 15) is 17.6 Å². The topological polar surface area (TPSA) is 88.2 Å². The van der Waals surface area contributed by atoms with Crippen molar-refractivity contribution in [2.75, 3.05) is 4.72 Å². The fourth-order valence-electron chi connectivity index (χ4n) is 2.77. The van der Waals surface area contributed by atoms with Gasteiger partial charge in [-0.05, 0) is 60.7 Å². The fourth-order valence-corrected chi connectivity index (χ4v) is 4.74. The van der Waals surface area contributed by atoms with Gasteiger partial charge in [0.1, 0.15) is 10.8 Å². The Kier molecular flexibility index (Phi) is 5.47. The lowest BCUT2D eigenvalue weighted by atomic mass is 10.2. The van der Waals surface area contributed by atoms with Crippen LogP contribution < -0.4 is 10.0 Å². The minimum absolute atomic E-state index is 0.0541. The molecule has 1 aromatic heterocycles. The van der Waals surface area contributed by atoms with Crippen LogP contribution in [0.5, 0.6) is 0 Å². The van der Waals surface area contributed by atoms with Crippen LogP contribution >= 0.6 is 11.3 Å². The Morgan fingerprint density at radius 3 is 2.37 bits per heavy atom. The lowest BCUT2D eigenvalue weighted by molar-refractivity contribution is 0.0951. The number of rotatable bonds is 6. The van der Waals surface area contributed by atoms with Gasteiger partial charge in [0.25, 0.3) is 15.9 Å². The Morgan fingerprint density at radius 2 is 1.67 bits per heavy atom. The van der Waals surface area contributed by atoms with Gasteiger partial charge in [-0.25, -0.2) is 17.8 Å². The highest BCUT2D eigenvalue weighted by atomic mass is 32.2. The highest BCUT2D eigenvalue weighted by Gasteiger charge is 2.15. The molecule has 2 N–H and O–H groups in total. The highest BCUT2D eigenvalue weighted by molar-refractivity contribution is 7.92. The molecule has 9 heteroatoms. The van der Waals surface area contributed by atoms with Crippen molar-refractivity contribution in [2.24, 2.45) is 0 Å². The summed E-state index contributed by atoms with van der Waals surface area (Å²) in [5.41, 5.74) is 1.58. The maximum atomic E-state index is 13.0. The summed E-state index contributed by atoms with van der Waals surface area (Å²) in [7, 11) is -3.85. The lowest BCUT2D eigenvalue weighted by Crippen LogP contribution is -2.22. The van der Waals surface area contributed by atoms with Gasteiger partial charge in [0.15, 0.2) is 0 Å². The standard InChI is InChI=1S/C21H16FN3O3S2/c22-15-7-11-17(12-8-15)30(27,28)25-16-9-5-14(6-10-16)21(26)23-13-20-24-18-3-1-2-4-19(18)29-20/h1-12,25H,13H2,(H,23,26). The minimum Gasteiger partial charge on any atom is -0.346 e. The summed E-state index contributed by atoms with van der Waals surface area (Å²) in [4.78, 5) is 16.8. The molecule has 0 aliphatic heterocycles. The summed E-state index contributed by atoms with van der Waals surface area (Å²) in [6, 6.07) is 18.3. The number of carbonyl (C=O) groups excluding carboxylic acids is 1. The number of hydrogen-bond donors (Lipinski definition) is 2. The Bertz CT molecular complexity index is 1270. The molecule has 4 rings (SSSR count). The monoisotopic (exact) mass is 441 g/mol. The van der Waals surface area contributed by atoms with Crippen LogP contribution in [0, 0.1) is 5.82 Å². The predicted octanol–water partition coefficient (Wildman–Crippen LogP) is 4.17. The second kappa shape index (κ2) is 8.21. The molecule has 0 fully saturated rings. The van der Waals surface area contributed by atoms with Gasteiger partial charge >= 0.3 is 0 Å². The van der Waals surface area contributed by atoms with E-state index in [1.165, 1.54) is 47.7 Å². The van der Waals surface area contributed by atoms with Gasteiger partial charge in [-0.2, -0.15) is 0 Å². The van der Waals surface area contributed by atoms with Crippen molar-refractivity contribution in [1.29, 1.82) is 0 Å². The molecule has 0 saturated heterocycles. The summed E-state index contributed by atoms with van der Waals surface area (Å²) < 4.78 is 41.1. The van der Waals surface area contributed by atoms with E-state index in [1.807, 2.05) is 24.3 Å². The molecule has 0 aliphatic rings. The molecular formula is C21H16FN3O3S2. The average Bonchev–Trinajstić information content (AvgIpc) is 3.16. The van der Waals surface area contributed by atoms with Crippen LogP contribution in [0.2, 0.25) is 0 Å². The number of benzene rings is 3. The van der Waals surface area contributed by atoms with Gasteiger partial charge in [0.2, 0.25) is 0 Å². The van der Waals surface area contributed by atoms with Crippen LogP contribution in [-0.2, 0) is 16.6 Å². The number of sulfonamides is 1. The number of carbonyl (C=O) groups is 1. The van der Waals surface area contributed by atoms with Gasteiger partial charge in [-0.1, -0.05) is 12.1 Å². The number of nitrogens with one attached hydrogen (secondary N) is 2. The number of nitrogens with zero attached hydrogens (tertiary/aromatic N) is 1. The number of hydrogen-bond acceptors (Lipinski definition) is 5. The molecule has 152 valence electrons. The van der Waals surface area contributed by atoms with Crippen molar-refractivity contribution >= 4 is 43.2 Å². The summed E-state index contributed by atoms with van der Waals surface area (Å²) in [5, 5.41) is 3.61. The Hall–Kier alpha value is -3.30. The first-order valence-electron chi connectivity index (χ1n) is 8.92. The quantitative estimate of drug-likeness (QED) is 0.470. The van der Waals surface area contributed by atoms with Crippen molar-refractivity contribution in [1.82, 2.24) is 10.3 Å². The second-order valence-corrected chi connectivity index (χ2v) is 9.19. The SMILES string of the molecule is O=C(NCc1nc2ccccc2s1)c1ccc(NS(=O)(=O)c2ccc(F)cc2)cc1. The van der Waals surface area contributed by atoms with Crippen LogP contribution in [-0.4, -0.2) is 19.3 Å². The second-order valence-electron chi connectivity index (χ2n) is 6.39. The zero-order valence-corrected chi connectivity index (χ0v) is 17.1. The van der Waals surface area contributed by atoms with Crippen LogP contribution in [0.25, 0.3) is 10.2 Å². The van der Waals surface area contributed by atoms with Crippen LogP contribution in [0.3, 0.4) is 0 Å². The molecule has 3 aromatic carbocycles. The van der Waals surface area contributed by atoms with Gasteiger partial charge in [-0.3, -0.25) is 9.52 Å². The fraction of sp³-hybridized carbons (Fsp3) is 0.0476. The average molecular weight is 442 g/mol. The van der Waals surface area contributed by atoms with E-state index < -0.39 is 15.8 Å². The summed E-state index contributed by atoms with van der Waals surface area (Å²) in [6.07, 6.45) is 0. The number of aromatic nitrogens is 1. The Morgan fingerprint density at radius 1 is 0.967 bits per heavy atom. The van der Waals surface area contributed by atoms with E-state index in [0.29, 0.717) is 17.8 Å². The van der Waals surface area contributed by atoms with Crippen molar-refractivity contribution < 1.29 is 17.6 Å². The number of anilines is 1. The third-order valence-corrected chi connectivity index (χ3v) is 6.70. The molecule has 0 aliphatic carbocycles. The number of amides is 1. The van der Waals surface area contributed by atoms with Crippen LogP contribution in [0.1, 0.15) is 15.4 Å². The minimum atomic E-state index is -3.85. The van der Waals surface area contributed by atoms with Crippen molar-refractivity contribution in [3.05, 3.63) is 89.2 Å². The first kappa shape index (κ1) is 20.0. The molecule has 1 heterocycles. The molecular weight excluding hydrogens is 425 g/mol. The largest absolute Gasteiger partial charge is 0.346 e. The normalized spacial score (nSPS) is 11.4. The summed E-state index contributed by atoms with van der Waals surface area (Å²) in [6.45, 7) is 0.303. The van der Waals surface area contributed by atoms with Crippen LogP contribution in [0.4, 0.5) is 10.1 Å². The van der Waals surface area contributed by atoms with Gasteiger partial charge in [0, 0.05) is 11.3 Å². The molecule has 0 spiro atoms. The molecule has 1 amide bonds. The summed E-state index contributed by atoms with van der Waals surface area (Å²) in [5.74, 6) is -0.808. The lowest BCUT2D eigenvalue weighted by Gasteiger charge is -2.09. The third kappa shape index (κ3) is 4.47. The Labute approximate surface area is 176 Å². The summed E-state index contributed by atoms with van der Waals surface area (Å²) >= 11 is 1.52. The molecule has 0 unspecified atom stereocenters. The number of thiazole rings is 1. The molecule has 0 saturated carbocycles. The smallest absolute Gasteiger partial charge is 0.261 e. The molecule has 0 atom stereocenters. The van der Waals surface area contributed by atoms with E-state index in [0.717, 1.165) is 27.4 Å². The number of fused-ring (bicyclic) bond motifs is 1. The van der Waals surface area contributed by atoms with Gasteiger partial charge < -0.3 is 5.32 Å². The predicted molar refractivity (Wildman–Crippen MR) is 114 cm³/mol. The molecule has 0 radical (unpaired) electrons. The molecule has 4 aromatic rings. The maximum Gasteiger partial charge on any atom is 0.261 e. The van der Waals surface area contributed by atoms with Crippen molar-refractivity contribution in [3.63, 3.8) is 0 Å². The maximum absolute atomic E-state index is 13.0. The van der Waals surface area contributed by atoms with E-state index in [4.69, 9.17) is 0 Å². The van der Waals surface area contributed by atoms with Gasteiger partial charge in [0.05, 0.1) is 21.7 Å². The first-order chi connectivity index (χ1) is 14.4. The zero-order chi connectivity index (χ0) is 21.1.